The minimum atomic E-state index is -0.222. The summed E-state index contributed by atoms with van der Waals surface area (Å²) in [5.74, 6) is 0.377. The van der Waals surface area contributed by atoms with Gasteiger partial charge in [0.05, 0.1) is 13.2 Å². The van der Waals surface area contributed by atoms with E-state index in [4.69, 9.17) is 9.47 Å². The van der Waals surface area contributed by atoms with Gasteiger partial charge in [-0.05, 0) is 73.1 Å². The zero-order valence-corrected chi connectivity index (χ0v) is 21.0. The molecular formula is C31H37FO3. The quantitative estimate of drug-likeness (QED) is 0.173. The number of benzene rings is 3. The molecule has 0 amide bonds. The lowest BCUT2D eigenvalue weighted by molar-refractivity contribution is -0.143. The van der Waals surface area contributed by atoms with Crippen LogP contribution in [-0.4, -0.2) is 19.2 Å². The Bertz CT molecular complexity index is 1040. The van der Waals surface area contributed by atoms with Gasteiger partial charge in [-0.3, -0.25) is 4.79 Å². The van der Waals surface area contributed by atoms with Crippen molar-refractivity contribution in [1.82, 2.24) is 0 Å². The van der Waals surface area contributed by atoms with Gasteiger partial charge in [-0.1, -0.05) is 74.7 Å². The summed E-state index contributed by atoms with van der Waals surface area (Å²) in [6, 6.07) is 21.4. The lowest BCUT2D eigenvalue weighted by atomic mass is 9.98. The van der Waals surface area contributed by atoms with Gasteiger partial charge in [-0.25, -0.2) is 4.39 Å². The van der Waals surface area contributed by atoms with Crippen LogP contribution in [0.3, 0.4) is 0 Å². The number of carbonyl (C=O) groups is 1. The van der Waals surface area contributed by atoms with Gasteiger partial charge in [0.15, 0.2) is 0 Å². The number of hydrogen-bond donors (Lipinski definition) is 0. The number of rotatable bonds is 14. The molecule has 3 rings (SSSR count). The maximum Gasteiger partial charge on any atom is 0.305 e. The van der Waals surface area contributed by atoms with E-state index < -0.39 is 0 Å². The summed E-state index contributed by atoms with van der Waals surface area (Å²) in [4.78, 5) is 11.4. The number of unbranched alkanes of at least 4 members (excludes halogenated alkanes) is 4. The molecule has 0 saturated carbocycles. The minimum absolute atomic E-state index is 0.162. The second-order valence-electron chi connectivity index (χ2n) is 8.84. The maximum absolute atomic E-state index is 15.0. The topological polar surface area (TPSA) is 35.5 Å². The Balaban J connectivity index is 1.53. The molecule has 0 atom stereocenters. The van der Waals surface area contributed by atoms with Crippen LogP contribution in [0, 0.1) is 5.82 Å². The van der Waals surface area contributed by atoms with E-state index in [1.54, 1.807) is 6.07 Å². The number of halogens is 1. The van der Waals surface area contributed by atoms with Crippen molar-refractivity contribution in [3.05, 3.63) is 78.1 Å². The van der Waals surface area contributed by atoms with E-state index in [0.717, 1.165) is 41.7 Å². The van der Waals surface area contributed by atoms with E-state index in [2.05, 4.69) is 19.1 Å². The standard InChI is InChI=1S/C31H37FO3/c1-3-5-6-7-10-24-12-14-26(15-13-24)29-21-18-27(23-30(29)32)25-16-19-28(20-17-25)35-22-9-8-11-31(33)34-4-2/h12-21,23H,3-11,22H2,1-2H3. The summed E-state index contributed by atoms with van der Waals surface area (Å²) in [5, 5.41) is 0. The summed E-state index contributed by atoms with van der Waals surface area (Å²) < 4.78 is 25.7. The van der Waals surface area contributed by atoms with Gasteiger partial charge >= 0.3 is 5.97 Å². The van der Waals surface area contributed by atoms with Crippen LogP contribution in [0.25, 0.3) is 22.3 Å². The van der Waals surface area contributed by atoms with Gasteiger partial charge in [0.1, 0.15) is 11.6 Å². The summed E-state index contributed by atoms with van der Waals surface area (Å²) in [7, 11) is 0. The second-order valence-corrected chi connectivity index (χ2v) is 8.84. The summed E-state index contributed by atoms with van der Waals surface area (Å²) in [6.45, 7) is 4.99. The average molecular weight is 477 g/mol. The Morgan fingerprint density at radius 3 is 2.17 bits per heavy atom. The molecule has 186 valence electrons. The van der Waals surface area contributed by atoms with E-state index in [0.29, 0.717) is 25.2 Å². The molecule has 0 fully saturated rings. The highest BCUT2D eigenvalue weighted by Gasteiger charge is 2.08. The van der Waals surface area contributed by atoms with E-state index in [1.165, 1.54) is 31.2 Å². The molecule has 0 aromatic heterocycles. The van der Waals surface area contributed by atoms with Gasteiger partial charge in [0, 0.05) is 12.0 Å². The highest BCUT2D eigenvalue weighted by Crippen LogP contribution is 2.29. The predicted molar refractivity (Wildman–Crippen MR) is 141 cm³/mol. The first-order chi connectivity index (χ1) is 17.1. The molecule has 0 saturated heterocycles. The van der Waals surface area contributed by atoms with Gasteiger partial charge in [0.25, 0.3) is 0 Å². The Kier molecular flexibility index (Phi) is 10.8. The highest BCUT2D eigenvalue weighted by molar-refractivity contribution is 5.71. The summed E-state index contributed by atoms with van der Waals surface area (Å²) in [6.07, 6.45) is 8.01. The van der Waals surface area contributed by atoms with Gasteiger partial charge in [0.2, 0.25) is 0 Å². The van der Waals surface area contributed by atoms with Gasteiger partial charge in [-0.2, -0.15) is 0 Å². The van der Waals surface area contributed by atoms with Crippen LogP contribution in [0.15, 0.2) is 66.7 Å². The third-order valence-electron chi connectivity index (χ3n) is 6.09. The van der Waals surface area contributed by atoms with E-state index in [-0.39, 0.29) is 11.8 Å². The fourth-order valence-electron chi connectivity index (χ4n) is 4.07. The Morgan fingerprint density at radius 2 is 1.49 bits per heavy atom. The third kappa shape index (κ3) is 8.54. The first-order valence-electron chi connectivity index (χ1n) is 12.9. The van der Waals surface area contributed by atoms with Crippen molar-refractivity contribution in [1.29, 1.82) is 0 Å². The van der Waals surface area contributed by atoms with Crippen molar-refractivity contribution in [2.45, 2.75) is 65.2 Å². The molecule has 0 aliphatic carbocycles. The van der Waals surface area contributed by atoms with Crippen molar-refractivity contribution < 1.29 is 18.7 Å². The van der Waals surface area contributed by atoms with E-state index in [1.807, 2.05) is 55.5 Å². The maximum atomic E-state index is 15.0. The lowest BCUT2D eigenvalue weighted by Gasteiger charge is -2.10. The average Bonchev–Trinajstić information content (AvgIpc) is 2.87. The fraction of sp³-hybridized carbons (Fsp3) is 0.387. The monoisotopic (exact) mass is 476 g/mol. The lowest BCUT2D eigenvalue weighted by Crippen LogP contribution is -2.05. The number of hydrogen-bond acceptors (Lipinski definition) is 3. The van der Waals surface area contributed by atoms with Crippen LogP contribution in [0.1, 0.15) is 64.4 Å². The molecule has 0 spiro atoms. The molecule has 0 N–H and O–H groups in total. The zero-order chi connectivity index (χ0) is 24.9. The Labute approximate surface area is 209 Å². The number of aryl methyl sites for hydroxylation is 1. The number of esters is 1. The summed E-state index contributed by atoms with van der Waals surface area (Å²) in [5.41, 5.74) is 4.60. The van der Waals surface area contributed by atoms with Crippen molar-refractivity contribution in [3.8, 4) is 28.0 Å². The third-order valence-corrected chi connectivity index (χ3v) is 6.09. The SMILES string of the molecule is CCCCCCc1ccc(-c2ccc(-c3ccc(OCCCCC(=O)OCC)cc3)cc2F)cc1. The van der Waals surface area contributed by atoms with Gasteiger partial charge < -0.3 is 9.47 Å². The first kappa shape index (κ1) is 26.5. The Hall–Kier alpha value is -3.14. The molecule has 3 nitrogen and oxygen atoms in total. The molecule has 3 aromatic carbocycles. The molecule has 0 radical (unpaired) electrons. The number of carbonyl (C=O) groups excluding carboxylic acids is 1. The molecule has 35 heavy (non-hydrogen) atoms. The van der Waals surface area contributed by atoms with Crippen LogP contribution < -0.4 is 4.74 Å². The zero-order valence-electron chi connectivity index (χ0n) is 21.0. The van der Waals surface area contributed by atoms with Crippen molar-refractivity contribution in [2.75, 3.05) is 13.2 Å². The highest BCUT2D eigenvalue weighted by atomic mass is 19.1. The first-order valence-corrected chi connectivity index (χ1v) is 12.9. The van der Waals surface area contributed by atoms with Gasteiger partial charge in [-0.15, -0.1) is 0 Å². The van der Waals surface area contributed by atoms with Crippen LogP contribution in [0.5, 0.6) is 5.75 Å². The Morgan fingerprint density at radius 1 is 0.771 bits per heavy atom. The molecule has 0 bridgehead atoms. The largest absolute Gasteiger partial charge is 0.494 e. The smallest absolute Gasteiger partial charge is 0.305 e. The molecule has 0 aliphatic heterocycles. The molecule has 0 aliphatic rings. The van der Waals surface area contributed by atoms with Crippen molar-refractivity contribution >= 4 is 5.97 Å². The molecule has 0 unspecified atom stereocenters. The van der Waals surface area contributed by atoms with E-state index in [9.17, 15) is 9.18 Å². The van der Waals surface area contributed by atoms with Crippen LogP contribution in [-0.2, 0) is 16.0 Å². The minimum Gasteiger partial charge on any atom is -0.494 e. The van der Waals surface area contributed by atoms with Crippen molar-refractivity contribution in [3.63, 3.8) is 0 Å². The van der Waals surface area contributed by atoms with Crippen LogP contribution in [0.4, 0.5) is 4.39 Å². The molecule has 4 heteroatoms. The normalized spacial score (nSPS) is 10.8. The predicted octanol–water partition coefficient (Wildman–Crippen LogP) is 8.39. The van der Waals surface area contributed by atoms with E-state index >= 15 is 0 Å². The molecule has 3 aromatic rings. The summed E-state index contributed by atoms with van der Waals surface area (Å²) >= 11 is 0. The fourth-order valence-corrected chi connectivity index (χ4v) is 4.07. The van der Waals surface area contributed by atoms with Crippen LogP contribution in [0.2, 0.25) is 0 Å². The second kappa shape index (κ2) is 14.3. The number of ether oxygens (including phenoxy) is 2. The molecule has 0 heterocycles. The van der Waals surface area contributed by atoms with Crippen LogP contribution >= 0.6 is 0 Å². The molecular weight excluding hydrogens is 439 g/mol. The van der Waals surface area contributed by atoms with Crippen molar-refractivity contribution in [2.24, 2.45) is 0 Å².